The number of carbonyl (C=O) groups is 1. The van der Waals surface area contributed by atoms with Crippen LogP contribution in [0.5, 0.6) is 0 Å². The van der Waals surface area contributed by atoms with Crippen molar-refractivity contribution in [2.75, 3.05) is 0 Å². The van der Waals surface area contributed by atoms with Crippen LogP contribution >= 0.6 is 11.3 Å². The van der Waals surface area contributed by atoms with Crippen molar-refractivity contribution >= 4 is 27.5 Å². The third-order valence-electron chi connectivity index (χ3n) is 4.70. The van der Waals surface area contributed by atoms with Gasteiger partial charge in [-0.05, 0) is 48.1 Å². The van der Waals surface area contributed by atoms with Gasteiger partial charge in [-0.1, -0.05) is 61.9 Å². The maximum absolute atomic E-state index is 12.4. The number of nitrogens with zero attached hydrogens (tertiary/aromatic N) is 2. The van der Waals surface area contributed by atoms with Crippen LogP contribution in [0.4, 0.5) is 0 Å². The lowest BCUT2D eigenvalue weighted by Crippen LogP contribution is -2.14. The van der Waals surface area contributed by atoms with Crippen molar-refractivity contribution in [2.24, 2.45) is 12.0 Å². The van der Waals surface area contributed by atoms with Gasteiger partial charge in [-0.2, -0.15) is 4.99 Å². The first kappa shape index (κ1) is 18.6. The zero-order chi connectivity index (χ0) is 18.5. The van der Waals surface area contributed by atoms with Gasteiger partial charge in [0.05, 0.1) is 16.6 Å². The molecule has 4 heteroatoms. The quantitative estimate of drug-likeness (QED) is 0.616. The SMILES string of the molecule is CCCCc1ccc2c(c1)sc(=NC(=O)Cc1ccc(CC)cc1)n2C. The minimum Gasteiger partial charge on any atom is -0.319 e. The minimum absolute atomic E-state index is 0.0948. The number of aromatic nitrogens is 1. The molecule has 0 radical (unpaired) electrons. The average molecular weight is 367 g/mol. The molecule has 0 bridgehead atoms. The summed E-state index contributed by atoms with van der Waals surface area (Å²) in [6.45, 7) is 4.34. The summed E-state index contributed by atoms with van der Waals surface area (Å²) in [7, 11) is 1.98. The van der Waals surface area contributed by atoms with Crippen LogP contribution in [0.2, 0.25) is 0 Å². The molecule has 0 saturated carbocycles. The van der Waals surface area contributed by atoms with Gasteiger partial charge in [0.15, 0.2) is 4.80 Å². The van der Waals surface area contributed by atoms with Crippen molar-refractivity contribution in [1.29, 1.82) is 0 Å². The second kappa shape index (κ2) is 8.45. The lowest BCUT2D eigenvalue weighted by atomic mass is 10.1. The third kappa shape index (κ3) is 4.31. The Hall–Kier alpha value is -2.20. The molecular weight excluding hydrogens is 340 g/mol. The van der Waals surface area contributed by atoms with E-state index < -0.39 is 0 Å². The molecule has 0 saturated heterocycles. The number of aryl methyl sites for hydroxylation is 3. The Morgan fingerprint density at radius 1 is 1.04 bits per heavy atom. The second-order valence-electron chi connectivity index (χ2n) is 6.70. The van der Waals surface area contributed by atoms with Crippen molar-refractivity contribution in [3.05, 3.63) is 64.0 Å². The summed E-state index contributed by atoms with van der Waals surface area (Å²) in [5.74, 6) is -0.0948. The normalized spacial score (nSPS) is 12.0. The third-order valence-corrected chi connectivity index (χ3v) is 5.79. The molecule has 0 N–H and O–H groups in total. The van der Waals surface area contributed by atoms with E-state index in [0.717, 1.165) is 28.7 Å². The van der Waals surface area contributed by atoms with Crippen LogP contribution in [0, 0.1) is 0 Å². The summed E-state index contributed by atoms with van der Waals surface area (Å²) < 4.78 is 3.21. The number of hydrogen-bond donors (Lipinski definition) is 0. The number of carbonyl (C=O) groups excluding carboxylic acids is 1. The minimum atomic E-state index is -0.0948. The van der Waals surface area contributed by atoms with Crippen molar-refractivity contribution < 1.29 is 4.79 Å². The van der Waals surface area contributed by atoms with Gasteiger partial charge in [-0.25, -0.2) is 0 Å². The van der Waals surface area contributed by atoms with Crippen LogP contribution in [-0.4, -0.2) is 10.5 Å². The lowest BCUT2D eigenvalue weighted by molar-refractivity contribution is -0.117. The molecule has 0 spiro atoms. The van der Waals surface area contributed by atoms with Crippen LogP contribution in [0.25, 0.3) is 10.2 Å². The van der Waals surface area contributed by atoms with E-state index in [1.165, 1.54) is 28.7 Å². The number of rotatable bonds is 6. The Morgan fingerprint density at radius 3 is 2.42 bits per heavy atom. The lowest BCUT2D eigenvalue weighted by Gasteiger charge is -2.01. The zero-order valence-corrected chi connectivity index (χ0v) is 16.6. The van der Waals surface area contributed by atoms with E-state index in [0.29, 0.717) is 6.42 Å². The Kier molecular flexibility index (Phi) is 6.04. The molecular formula is C22H26N2OS. The van der Waals surface area contributed by atoms with Gasteiger partial charge in [0, 0.05) is 7.05 Å². The first-order chi connectivity index (χ1) is 12.6. The zero-order valence-electron chi connectivity index (χ0n) is 15.8. The van der Waals surface area contributed by atoms with E-state index in [1.807, 2.05) is 23.7 Å². The molecule has 1 amide bonds. The monoisotopic (exact) mass is 366 g/mol. The van der Waals surface area contributed by atoms with E-state index in [2.05, 4.69) is 49.2 Å². The molecule has 0 aliphatic carbocycles. The van der Waals surface area contributed by atoms with Crippen molar-refractivity contribution in [1.82, 2.24) is 4.57 Å². The van der Waals surface area contributed by atoms with Crippen LogP contribution in [0.1, 0.15) is 43.4 Å². The standard InChI is InChI=1S/C22H26N2OS/c1-4-6-7-17-12-13-19-20(14-17)26-22(24(19)3)23-21(25)15-18-10-8-16(5-2)9-11-18/h8-14H,4-7,15H2,1-3H3. The fourth-order valence-electron chi connectivity index (χ4n) is 3.04. The van der Waals surface area contributed by atoms with Crippen LogP contribution in [0.3, 0.4) is 0 Å². The van der Waals surface area contributed by atoms with Crippen LogP contribution < -0.4 is 4.80 Å². The molecule has 1 aromatic heterocycles. The molecule has 2 aromatic carbocycles. The molecule has 0 aliphatic heterocycles. The fraction of sp³-hybridized carbons (Fsp3) is 0.364. The summed E-state index contributed by atoms with van der Waals surface area (Å²) in [6, 6.07) is 14.8. The van der Waals surface area contributed by atoms with Crippen molar-refractivity contribution in [3.63, 3.8) is 0 Å². The molecule has 26 heavy (non-hydrogen) atoms. The molecule has 0 fully saturated rings. The summed E-state index contributed by atoms with van der Waals surface area (Å²) in [4.78, 5) is 17.5. The van der Waals surface area contributed by atoms with E-state index in [-0.39, 0.29) is 5.91 Å². The van der Waals surface area contributed by atoms with E-state index in [9.17, 15) is 4.79 Å². The largest absolute Gasteiger partial charge is 0.319 e. The number of thiazole rings is 1. The van der Waals surface area contributed by atoms with Gasteiger partial charge < -0.3 is 4.57 Å². The molecule has 0 atom stereocenters. The van der Waals surface area contributed by atoms with E-state index in [4.69, 9.17) is 0 Å². The fourth-order valence-corrected chi connectivity index (χ4v) is 4.13. The predicted molar refractivity (Wildman–Crippen MR) is 110 cm³/mol. The first-order valence-electron chi connectivity index (χ1n) is 9.34. The molecule has 0 aliphatic rings. The van der Waals surface area contributed by atoms with E-state index >= 15 is 0 Å². The van der Waals surface area contributed by atoms with E-state index in [1.54, 1.807) is 11.3 Å². The Morgan fingerprint density at radius 2 is 1.73 bits per heavy atom. The number of fused-ring (bicyclic) bond motifs is 1. The number of amides is 1. The Bertz CT molecular complexity index is 964. The molecule has 3 rings (SSSR count). The highest BCUT2D eigenvalue weighted by molar-refractivity contribution is 7.16. The highest BCUT2D eigenvalue weighted by atomic mass is 32.1. The first-order valence-corrected chi connectivity index (χ1v) is 10.2. The van der Waals surface area contributed by atoms with Gasteiger partial charge in [-0.15, -0.1) is 0 Å². The van der Waals surface area contributed by atoms with Gasteiger partial charge in [0.2, 0.25) is 0 Å². The molecule has 136 valence electrons. The number of unbranched alkanes of at least 4 members (excludes halogenated alkanes) is 1. The van der Waals surface area contributed by atoms with Gasteiger partial charge >= 0.3 is 0 Å². The highest BCUT2D eigenvalue weighted by Crippen LogP contribution is 2.19. The van der Waals surface area contributed by atoms with Crippen molar-refractivity contribution in [2.45, 2.75) is 46.0 Å². The summed E-state index contributed by atoms with van der Waals surface area (Å²) in [5, 5.41) is 0. The molecule has 3 nitrogen and oxygen atoms in total. The maximum Gasteiger partial charge on any atom is 0.252 e. The second-order valence-corrected chi connectivity index (χ2v) is 7.71. The van der Waals surface area contributed by atoms with Gasteiger partial charge in [0.25, 0.3) is 5.91 Å². The highest BCUT2D eigenvalue weighted by Gasteiger charge is 2.07. The van der Waals surface area contributed by atoms with Gasteiger partial charge in [0.1, 0.15) is 0 Å². The predicted octanol–water partition coefficient (Wildman–Crippen LogP) is 4.81. The smallest absolute Gasteiger partial charge is 0.252 e. The Labute approximate surface area is 159 Å². The van der Waals surface area contributed by atoms with Crippen LogP contribution in [-0.2, 0) is 31.1 Å². The van der Waals surface area contributed by atoms with Crippen LogP contribution in [0.15, 0.2) is 47.5 Å². The number of hydrogen-bond acceptors (Lipinski definition) is 2. The summed E-state index contributed by atoms with van der Waals surface area (Å²) >= 11 is 1.59. The number of benzene rings is 2. The van der Waals surface area contributed by atoms with Gasteiger partial charge in [-0.3, -0.25) is 4.79 Å². The molecule has 3 aromatic rings. The molecule has 1 heterocycles. The van der Waals surface area contributed by atoms with Crippen molar-refractivity contribution in [3.8, 4) is 0 Å². The summed E-state index contributed by atoms with van der Waals surface area (Å²) in [6.07, 6.45) is 4.86. The molecule has 0 unspecified atom stereocenters. The topological polar surface area (TPSA) is 34.4 Å². The summed E-state index contributed by atoms with van der Waals surface area (Å²) in [5.41, 5.74) is 4.79. The average Bonchev–Trinajstić information content (AvgIpc) is 2.95. The Balaban J connectivity index is 1.83. The maximum atomic E-state index is 12.4.